The van der Waals surface area contributed by atoms with Gasteiger partial charge in [-0.2, -0.15) is 4.31 Å². The molecule has 0 amide bonds. The van der Waals surface area contributed by atoms with Crippen molar-refractivity contribution in [1.82, 2.24) is 9.29 Å². The molecule has 18 heavy (non-hydrogen) atoms. The normalized spacial score (nSPS) is 15.6. The highest BCUT2D eigenvalue weighted by Crippen LogP contribution is 2.22. The number of alkyl halides is 1. The first kappa shape index (κ1) is 15.4. The Hall–Kier alpha value is -0.650. The molecule has 1 aromatic rings. The number of nitrogens with zero attached hydrogens (tertiary/aromatic N) is 2. The van der Waals surface area contributed by atoms with Crippen molar-refractivity contribution in [3.8, 4) is 0 Å². The summed E-state index contributed by atoms with van der Waals surface area (Å²) in [6.45, 7) is 3.69. The highest BCUT2D eigenvalue weighted by atomic mass is 35.5. The summed E-state index contributed by atoms with van der Waals surface area (Å²) in [4.78, 5) is 3.93. The molecular weight excluding hydrogens is 272 g/mol. The van der Waals surface area contributed by atoms with E-state index in [1.807, 2.05) is 26.0 Å². The van der Waals surface area contributed by atoms with E-state index in [1.54, 1.807) is 19.4 Å². The van der Waals surface area contributed by atoms with Crippen molar-refractivity contribution >= 4 is 21.6 Å². The second kappa shape index (κ2) is 6.50. The summed E-state index contributed by atoms with van der Waals surface area (Å²) >= 11 is 5.67. The Morgan fingerprint density at radius 2 is 1.89 bits per heavy atom. The second-order valence-corrected chi connectivity index (χ2v) is 6.89. The smallest absolute Gasteiger partial charge is 0.214 e. The Bertz CT molecular complexity index is 464. The lowest BCUT2D eigenvalue weighted by Crippen LogP contribution is -2.34. The first-order valence-electron chi connectivity index (χ1n) is 5.80. The molecule has 102 valence electrons. The standard InChI is InChI=1S/C12H19ClN2O2S/c1-10(8-13)9-18(16,17)15(3)11(2)12-4-6-14-7-5-12/h4-7,10-11H,8-9H2,1-3H3. The molecule has 0 aliphatic rings. The molecule has 0 radical (unpaired) electrons. The number of aromatic nitrogens is 1. The van der Waals surface area contributed by atoms with Gasteiger partial charge in [0.1, 0.15) is 0 Å². The molecule has 2 unspecified atom stereocenters. The van der Waals surface area contributed by atoms with Crippen LogP contribution in [0.15, 0.2) is 24.5 Å². The van der Waals surface area contributed by atoms with E-state index in [4.69, 9.17) is 11.6 Å². The van der Waals surface area contributed by atoms with Gasteiger partial charge in [-0.05, 0) is 30.5 Å². The minimum atomic E-state index is -3.29. The zero-order valence-corrected chi connectivity index (χ0v) is 12.4. The predicted molar refractivity (Wildman–Crippen MR) is 74.1 cm³/mol. The minimum absolute atomic E-state index is 0.0521. The lowest BCUT2D eigenvalue weighted by molar-refractivity contribution is 0.395. The Labute approximate surface area is 114 Å². The monoisotopic (exact) mass is 290 g/mol. The fraction of sp³-hybridized carbons (Fsp3) is 0.583. The lowest BCUT2D eigenvalue weighted by atomic mass is 10.1. The minimum Gasteiger partial charge on any atom is -0.265 e. The third-order valence-corrected chi connectivity index (χ3v) is 5.64. The van der Waals surface area contributed by atoms with Crippen molar-refractivity contribution in [2.24, 2.45) is 5.92 Å². The Kier molecular flexibility index (Phi) is 5.56. The van der Waals surface area contributed by atoms with Crippen LogP contribution < -0.4 is 0 Å². The molecule has 0 bridgehead atoms. The van der Waals surface area contributed by atoms with Crippen LogP contribution in [0.5, 0.6) is 0 Å². The molecule has 0 saturated carbocycles. The number of halogens is 1. The molecule has 0 spiro atoms. The maximum Gasteiger partial charge on any atom is 0.214 e. The molecule has 0 aliphatic heterocycles. The van der Waals surface area contributed by atoms with Crippen LogP contribution in [0.25, 0.3) is 0 Å². The van der Waals surface area contributed by atoms with E-state index in [0.717, 1.165) is 5.56 Å². The second-order valence-electron chi connectivity index (χ2n) is 4.51. The number of sulfonamides is 1. The highest BCUT2D eigenvalue weighted by Gasteiger charge is 2.25. The average Bonchev–Trinajstić information content (AvgIpc) is 2.37. The largest absolute Gasteiger partial charge is 0.265 e. The molecular formula is C12H19ClN2O2S. The van der Waals surface area contributed by atoms with Crippen molar-refractivity contribution in [2.75, 3.05) is 18.7 Å². The molecule has 0 saturated heterocycles. The first-order valence-corrected chi connectivity index (χ1v) is 7.94. The van der Waals surface area contributed by atoms with Crippen LogP contribution in [0.4, 0.5) is 0 Å². The van der Waals surface area contributed by atoms with E-state index in [1.165, 1.54) is 4.31 Å². The van der Waals surface area contributed by atoms with Gasteiger partial charge in [0.2, 0.25) is 10.0 Å². The van der Waals surface area contributed by atoms with E-state index in [-0.39, 0.29) is 17.7 Å². The van der Waals surface area contributed by atoms with E-state index in [2.05, 4.69) is 4.98 Å². The summed E-state index contributed by atoms with van der Waals surface area (Å²) in [5.74, 6) is 0.364. The lowest BCUT2D eigenvalue weighted by Gasteiger charge is -2.25. The third-order valence-electron chi connectivity index (χ3n) is 2.93. The molecule has 1 rings (SSSR count). The molecule has 1 heterocycles. The topological polar surface area (TPSA) is 50.3 Å². The summed E-state index contributed by atoms with van der Waals surface area (Å²) < 4.78 is 25.7. The van der Waals surface area contributed by atoms with Gasteiger partial charge in [0, 0.05) is 31.4 Å². The number of pyridine rings is 1. The van der Waals surface area contributed by atoms with Crippen LogP contribution in [0, 0.1) is 5.92 Å². The molecule has 0 fully saturated rings. The Morgan fingerprint density at radius 1 is 1.33 bits per heavy atom. The van der Waals surface area contributed by atoms with Gasteiger partial charge in [0.15, 0.2) is 0 Å². The molecule has 4 nitrogen and oxygen atoms in total. The Morgan fingerprint density at radius 3 is 2.39 bits per heavy atom. The quantitative estimate of drug-likeness (QED) is 0.755. The fourth-order valence-corrected chi connectivity index (χ4v) is 3.53. The van der Waals surface area contributed by atoms with E-state index < -0.39 is 10.0 Å². The molecule has 0 aromatic carbocycles. The van der Waals surface area contributed by atoms with Crippen molar-refractivity contribution in [3.63, 3.8) is 0 Å². The maximum atomic E-state index is 12.2. The predicted octanol–water partition coefficient (Wildman–Crippen LogP) is 2.28. The van der Waals surface area contributed by atoms with Gasteiger partial charge in [-0.1, -0.05) is 6.92 Å². The van der Waals surface area contributed by atoms with Gasteiger partial charge in [-0.15, -0.1) is 11.6 Å². The number of rotatable bonds is 6. The van der Waals surface area contributed by atoms with Crippen molar-refractivity contribution in [2.45, 2.75) is 19.9 Å². The van der Waals surface area contributed by atoms with E-state index in [9.17, 15) is 8.42 Å². The molecule has 6 heteroatoms. The summed E-state index contributed by atoms with van der Waals surface area (Å²) in [7, 11) is -1.69. The summed E-state index contributed by atoms with van der Waals surface area (Å²) in [6, 6.07) is 3.43. The summed E-state index contributed by atoms with van der Waals surface area (Å²) in [6.07, 6.45) is 3.32. The number of hydrogen-bond acceptors (Lipinski definition) is 3. The van der Waals surface area contributed by atoms with E-state index in [0.29, 0.717) is 5.88 Å². The highest BCUT2D eigenvalue weighted by molar-refractivity contribution is 7.89. The van der Waals surface area contributed by atoms with Crippen molar-refractivity contribution in [1.29, 1.82) is 0 Å². The van der Waals surface area contributed by atoms with Crippen LogP contribution in [-0.2, 0) is 10.0 Å². The van der Waals surface area contributed by atoms with Gasteiger partial charge >= 0.3 is 0 Å². The zero-order valence-electron chi connectivity index (χ0n) is 10.9. The van der Waals surface area contributed by atoms with E-state index >= 15 is 0 Å². The zero-order chi connectivity index (χ0) is 13.8. The van der Waals surface area contributed by atoms with Crippen LogP contribution in [-0.4, -0.2) is 36.4 Å². The average molecular weight is 291 g/mol. The molecule has 0 N–H and O–H groups in total. The van der Waals surface area contributed by atoms with Gasteiger partial charge in [0.05, 0.1) is 5.75 Å². The van der Waals surface area contributed by atoms with Gasteiger partial charge in [0.25, 0.3) is 0 Å². The summed E-state index contributed by atoms with van der Waals surface area (Å²) in [5.41, 5.74) is 0.926. The van der Waals surface area contributed by atoms with Crippen LogP contribution in [0.3, 0.4) is 0 Å². The van der Waals surface area contributed by atoms with Gasteiger partial charge in [-0.3, -0.25) is 4.98 Å². The molecule has 1 aromatic heterocycles. The first-order chi connectivity index (χ1) is 8.38. The SMILES string of the molecule is CC(CCl)CS(=O)(=O)N(C)C(C)c1ccncc1. The van der Waals surface area contributed by atoms with Gasteiger partial charge in [-0.25, -0.2) is 8.42 Å². The van der Waals surface area contributed by atoms with Crippen molar-refractivity contribution < 1.29 is 8.42 Å². The molecule has 2 atom stereocenters. The van der Waals surface area contributed by atoms with Crippen molar-refractivity contribution in [3.05, 3.63) is 30.1 Å². The van der Waals surface area contributed by atoms with Crippen LogP contribution >= 0.6 is 11.6 Å². The maximum absolute atomic E-state index is 12.2. The molecule has 0 aliphatic carbocycles. The summed E-state index contributed by atoms with van der Waals surface area (Å²) in [5, 5.41) is 0. The number of hydrogen-bond donors (Lipinski definition) is 0. The van der Waals surface area contributed by atoms with Gasteiger partial charge < -0.3 is 0 Å². The van der Waals surface area contributed by atoms with Crippen LogP contribution in [0.1, 0.15) is 25.5 Å². The Balaban J connectivity index is 2.84. The van der Waals surface area contributed by atoms with Crippen LogP contribution in [0.2, 0.25) is 0 Å². The third kappa shape index (κ3) is 3.93. The fourth-order valence-electron chi connectivity index (χ4n) is 1.61.